The largest absolute Gasteiger partial charge is 0.367 e. The molecule has 1 aromatic rings. The molecule has 0 spiro atoms. The average Bonchev–Trinajstić information content (AvgIpc) is 2.45. The number of hydrogen-bond donors (Lipinski definition) is 1. The lowest BCUT2D eigenvalue weighted by atomic mass is 10.0. The second-order valence-corrected chi connectivity index (χ2v) is 6.25. The van der Waals surface area contributed by atoms with Gasteiger partial charge in [-0.2, -0.15) is 0 Å². The highest BCUT2D eigenvalue weighted by molar-refractivity contribution is 14.1. The fourth-order valence-corrected chi connectivity index (χ4v) is 3.38. The van der Waals surface area contributed by atoms with Crippen LogP contribution < -0.4 is 10.2 Å². The minimum atomic E-state index is -0.322. The summed E-state index contributed by atoms with van der Waals surface area (Å²) >= 11 is 2.05. The van der Waals surface area contributed by atoms with Crippen LogP contribution in [0.2, 0.25) is 0 Å². The van der Waals surface area contributed by atoms with E-state index in [4.69, 9.17) is 0 Å². The van der Waals surface area contributed by atoms with Crippen LogP contribution in [-0.4, -0.2) is 30.6 Å². The smallest absolute Gasteiger partial charge is 0.282 e. The van der Waals surface area contributed by atoms with E-state index in [-0.39, 0.29) is 10.6 Å². The molecule has 20 heavy (non-hydrogen) atoms. The fraction of sp³-hybridized carbons (Fsp3) is 0.571. The number of halogens is 1. The van der Waals surface area contributed by atoms with Gasteiger partial charge >= 0.3 is 0 Å². The Kier molecular flexibility index (Phi) is 5.59. The molecule has 110 valence electrons. The summed E-state index contributed by atoms with van der Waals surface area (Å²) < 4.78 is 0.704. The Morgan fingerprint density at radius 2 is 2.35 bits per heavy atom. The molecule has 1 unspecified atom stereocenters. The van der Waals surface area contributed by atoms with Gasteiger partial charge in [-0.1, -0.05) is 6.92 Å². The summed E-state index contributed by atoms with van der Waals surface area (Å²) in [5.74, 6) is 0. The first-order valence-corrected chi connectivity index (χ1v) is 8.12. The summed E-state index contributed by atoms with van der Waals surface area (Å²) in [6.45, 7) is 5.24. The summed E-state index contributed by atoms with van der Waals surface area (Å²) in [7, 11) is 0. The lowest BCUT2D eigenvalue weighted by Crippen LogP contribution is -2.46. The summed E-state index contributed by atoms with van der Waals surface area (Å²) in [4.78, 5) is 13.0. The molecular weight excluding hydrogens is 369 g/mol. The van der Waals surface area contributed by atoms with Crippen LogP contribution in [0.25, 0.3) is 0 Å². The minimum Gasteiger partial charge on any atom is -0.367 e. The standard InChI is InChI=1S/C14H20IN3O2/c1-2-8-17(12-4-3-7-16-10-12)11-5-6-14(18(19)20)13(15)9-11/h5-6,9,12,16H,2-4,7-8,10H2,1H3. The van der Waals surface area contributed by atoms with Gasteiger partial charge in [-0.15, -0.1) is 0 Å². The molecule has 6 heteroatoms. The Morgan fingerprint density at radius 3 is 2.90 bits per heavy atom. The highest BCUT2D eigenvalue weighted by Crippen LogP contribution is 2.28. The van der Waals surface area contributed by atoms with Gasteiger partial charge in [0, 0.05) is 30.9 Å². The van der Waals surface area contributed by atoms with E-state index >= 15 is 0 Å². The van der Waals surface area contributed by atoms with E-state index in [2.05, 4.69) is 17.1 Å². The van der Waals surface area contributed by atoms with Crippen molar-refractivity contribution in [3.63, 3.8) is 0 Å². The molecule has 1 fully saturated rings. The molecule has 5 nitrogen and oxygen atoms in total. The first-order chi connectivity index (χ1) is 9.63. The molecule has 0 saturated carbocycles. The summed E-state index contributed by atoms with van der Waals surface area (Å²) in [5.41, 5.74) is 1.28. The third-order valence-corrected chi connectivity index (χ3v) is 4.50. The van der Waals surface area contributed by atoms with Gasteiger partial charge in [0.05, 0.1) is 8.49 Å². The monoisotopic (exact) mass is 389 g/mol. The van der Waals surface area contributed by atoms with Crippen molar-refractivity contribution in [2.24, 2.45) is 0 Å². The highest BCUT2D eigenvalue weighted by atomic mass is 127. The molecule has 0 aliphatic carbocycles. The second kappa shape index (κ2) is 7.21. The normalized spacial score (nSPS) is 18.8. The third-order valence-electron chi connectivity index (χ3n) is 3.64. The van der Waals surface area contributed by atoms with E-state index < -0.39 is 0 Å². The van der Waals surface area contributed by atoms with Gasteiger partial charge < -0.3 is 10.2 Å². The lowest BCUT2D eigenvalue weighted by Gasteiger charge is -2.36. The predicted molar refractivity (Wildman–Crippen MR) is 89.3 cm³/mol. The van der Waals surface area contributed by atoms with E-state index in [1.165, 1.54) is 12.8 Å². The number of benzene rings is 1. The molecule has 0 aromatic heterocycles. The van der Waals surface area contributed by atoms with E-state index in [9.17, 15) is 10.1 Å². The summed E-state index contributed by atoms with van der Waals surface area (Å²) in [6, 6.07) is 5.92. The van der Waals surface area contributed by atoms with E-state index in [1.807, 2.05) is 34.7 Å². The lowest BCUT2D eigenvalue weighted by molar-refractivity contribution is -0.385. The van der Waals surface area contributed by atoms with Crippen LogP contribution in [0, 0.1) is 13.7 Å². The van der Waals surface area contributed by atoms with Crippen LogP contribution >= 0.6 is 22.6 Å². The van der Waals surface area contributed by atoms with Gasteiger partial charge in [0.25, 0.3) is 5.69 Å². The maximum Gasteiger partial charge on any atom is 0.282 e. The summed E-state index contributed by atoms with van der Waals surface area (Å²) in [6.07, 6.45) is 3.44. The molecule has 0 amide bonds. The molecule has 1 aliphatic rings. The Labute approximate surface area is 133 Å². The Hall–Kier alpha value is -0.890. The molecule has 1 heterocycles. The van der Waals surface area contributed by atoms with Crippen molar-refractivity contribution < 1.29 is 4.92 Å². The predicted octanol–water partition coefficient (Wildman–Crippen LogP) is 3.17. The number of nitro groups is 1. The van der Waals surface area contributed by atoms with Gasteiger partial charge in [0.15, 0.2) is 0 Å². The third kappa shape index (κ3) is 3.60. The number of rotatable bonds is 5. The van der Waals surface area contributed by atoms with Crippen molar-refractivity contribution in [2.45, 2.75) is 32.2 Å². The number of hydrogen-bond acceptors (Lipinski definition) is 4. The first-order valence-electron chi connectivity index (χ1n) is 7.04. The maximum atomic E-state index is 10.9. The zero-order valence-corrected chi connectivity index (χ0v) is 13.8. The van der Waals surface area contributed by atoms with Gasteiger partial charge in [-0.25, -0.2) is 0 Å². The van der Waals surface area contributed by atoms with Crippen molar-refractivity contribution in [1.29, 1.82) is 0 Å². The molecule has 1 saturated heterocycles. The molecular formula is C14H20IN3O2. The van der Waals surface area contributed by atoms with Crippen molar-refractivity contribution in [1.82, 2.24) is 5.32 Å². The van der Waals surface area contributed by atoms with Crippen LogP contribution in [0.1, 0.15) is 26.2 Å². The molecule has 1 N–H and O–H groups in total. The van der Waals surface area contributed by atoms with E-state index in [0.29, 0.717) is 9.61 Å². The fourth-order valence-electron chi connectivity index (χ4n) is 2.69. The number of nitrogens with one attached hydrogen (secondary N) is 1. The zero-order chi connectivity index (χ0) is 14.5. The molecule has 1 aliphatic heterocycles. The van der Waals surface area contributed by atoms with Crippen molar-refractivity contribution in [3.05, 3.63) is 31.9 Å². The van der Waals surface area contributed by atoms with Crippen LogP contribution in [-0.2, 0) is 0 Å². The van der Waals surface area contributed by atoms with Gasteiger partial charge in [-0.05, 0) is 60.5 Å². The second-order valence-electron chi connectivity index (χ2n) is 5.09. The van der Waals surface area contributed by atoms with Crippen LogP contribution in [0.15, 0.2) is 18.2 Å². The van der Waals surface area contributed by atoms with E-state index in [1.54, 1.807) is 6.07 Å². The van der Waals surface area contributed by atoms with Crippen molar-refractivity contribution in [3.8, 4) is 0 Å². The number of anilines is 1. The van der Waals surface area contributed by atoms with E-state index in [0.717, 1.165) is 31.7 Å². The molecule has 1 atom stereocenters. The quantitative estimate of drug-likeness (QED) is 0.478. The Bertz CT molecular complexity index is 475. The molecule has 2 rings (SSSR count). The maximum absolute atomic E-state index is 10.9. The SMILES string of the molecule is CCCN(c1ccc([N+](=O)[O-])c(I)c1)C1CCCNC1. The number of piperidine rings is 1. The van der Waals surface area contributed by atoms with Crippen molar-refractivity contribution in [2.75, 3.05) is 24.5 Å². The zero-order valence-electron chi connectivity index (χ0n) is 11.6. The van der Waals surface area contributed by atoms with Crippen LogP contribution in [0.3, 0.4) is 0 Å². The summed E-state index contributed by atoms with van der Waals surface area (Å²) in [5, 5.41) is 14.3. The Morgan fingerprint density at radius 1 is 1.55 bits per heavy atom. The van der Waals surface area contributed by atoms with Gasteiger partial charge in [0.2, 0.25) is 0 Å². The number of nitro benzene ring substituents is 1. The van der Waals surface area contributed by atoms with Crippen molar-refractivity contribution >= 4 is 34.0 Å². The number of nitrogens with zero attached hydrogens (tertiary/aromatic N) is 2. The Balaban J connectivity index is 2.24. The molecule has 0 radical (unpaired) electrons. The van der Waals surface area contributed by atoms with Crippen LogP contribution in [0.4, 0.5) is 11.4 Å². The first kappa shape index (κ1) is 15.5. The topological polar surface area (TPSA) is 58.4 Å². The van der Waals surface area contributed by atoms with Gasteiger partial charge in [0.1, 0.15) is 0 Å². The molecule has 0 bridgehead atoms. The average molecular weight is 389 g/mol. The minimum absolute atomic E-state index is 0.188. The molecule has 1 aromatic carbocycles. The van der Waals surface area contributed by atoms with Gasteiger partial charge in [-0.3, -0.25) is 10.1 Å². The highest BCUT2D eigenvalue weighted by Gasteiger charge is 2.22. The van der Waals surface area contributed by atoms with Crippen LogP contribution in [0.5, 0.6) is 0 Å².